The minimum atomic E-state index is -0.735. The molecule has 0 atom stereocenters. The topological polar surface area (TPSA) is 43.1 Å². The Balaban J connectivity index is 1.82. The lowest BCUT2D eigenvalue weighted by molar-refractivity contribution is -0.122. The molecule has 1 amide bonds. The van der Waals surface area contributed by atoms with Gasteiger partial charge in [-0.1, -0.05) is 145 Å². The Bertz CT molecular complexity index is 656. The van der Waals surface area contributed by atoms with Gasteiger partial charge in [-0.05, 0) is 17.5 Å². The summed E-state index contributed by atoms with van der Waals surface area (Å²) in [6, 6.07) is 20.1. The van der Waals surface area contributed by atoms with Gasteiger partial charge in [-0.2, -0.15) is 0 Å². The normalized spacial score (nSPS) is 11.5. The second kappa shape index (κ2) is 14.0. The second-order valence-electron chi connectivity index (χ2n) is 8.64. The van der Waals surface area contributed by atoms with Gasteiger partial charge in [0.1, 0.15) is 0 Å². The Morgan fingerprint density at radius 2 is 1.00 bits per heavy atom. The van der Waals surface area contributed by atoms with Crippen LogP contribution in [-0.2, 0) is 10.2 Å². The summed E-state index contributed by atoms with van der Waals surface area (Å²) in [6.07, 6.45) is 16.5. The van der Waals surface area contributed by atoms with Gasteiger partial charge in [-0.15, -0.1) is 0 Å². The molecule has 0 aromatic heterocycles. The van der Waals surface area contributed by atoms with Gasteiger partial charge in [0.2, 0.25) is 5.91 Å². The molecule has 0 aliphatic heterocycles. The second-order valence-corrected chi connectivity index (χ2v) is 8.64. The molecule has 2 aromatic rings. The minimum absolute atomic E-state index is 0.247. The van der Waals surface area contributed by atoms with Gasteiger partial charge in [-0.25, -0.2) is 0 Å². The number of hydrogen-bond acceptors (Lipinski definition) is 1. The highest BCUT2D eigenvalue weighted by molar-refractivity contribution is 5.90. The van der Waals surface area contributed by atoms with Crippen LogP contribution in [0.2, 0.25) is 0 Å². The first-order chi connectivity index (χ1) is 14.7. The summed E-state index contributed by atoms with van der Waals surface area (Å²) >= 11 is 0. The molecule has 0 aliphatic rings. The predicted molar refractivity (Wildman–Crippen MR) is 129 cm³/mol. The summed E-state index contributed by atoms with van der Waals surface area (Å²) in [7, 11) is 0. The molecule has 2 nitrogen and oxygen atoms in total. The van der Waals surface area contributed by atoms with Gasteiger partial charge in [0.15, 0.2) is 0 Å². The monoisotopic (exact) mass is 407 g/mol. The molecular formula is C28H41NO. The van der Waals surface area contributed by atoms with Crippen molar-refractivity contribution in [3.05, 3.63) is 71.8 Å². The Hall–Kier alpha value is -2.09. The third kappa shape index (κ3) is 7.31. The third-order valence-electron chi connectivity index (χ3n) is 6.36. The van der Waals surface area contributed by atoms with E-state index in [0.717, 1.165) is 30.4 Å². The number of rotatable bonds is 16. The molecule has 0 heterocycles. The summed E-state index contributed by atoms with van der Waals surface area (Å²) in [6.45, 7) is 2.27. The van der Waals surface area contributed by atoms with Crippen LogP contribution in [0, 0.1) is 0 Å². The van der Waals surface area contributed by atoms with Crippen LogP contribution < -0.4 is 5.73 Å². The fourth-order valence-electron chi connectivity index (χ4n) is 4.54. The number of carbonyl (C=O) groups excluding carboxylic acids is 1. The van der Waals surface area contributed by atoms with E-state index in [0.29, 0.717) is 0 Å². The maximum Gasteiger partial charge on any atom is 0.232 e. The molecule has 2 heteroatoms. The summed E-state index contributed by atoms with van der Waals surface area (Å²) < 4.78 is 0. The van der Waals surface area contributed by atoms with Crippen molar-refractivity contribution in [2.45, 2.75) is 95.8 Å². The van der Waals surface area contributed by atoms with Crippen LogP contribution in [0.5, 0.6) is 0 Å². The zero-order valence-corrected chi connectivity index (χ0v) is 19.0. The standard InChI is InChI=1S/C28H41NO/c1-2-3-4-5-6-7-8-9-10-11-12-19-24-28(27(29)30,25-20-15-13-16-21-25)26-22-17-14-18-23-26/h13-18,20-23H,2-12,19,24H2,1H3,(H2,29,30). The van der Waals surface area contributed by atoms with Crippen LogP contribution in [-0.4, -0.2) is 5.91 Å². The Labute approximate surface area is 184 Å². The quantitative estimate of drug-likeness (QED) is 0.287. The van der Waals surface area contributed by atoms with E-state index in [4.69, 9.17) is 5.73 Å². The molecule has 2 N–H and O–H groups in total. The van der Waals surface area contributed by atoms with Crippen LogP contribution >= 0.6 is 0 Å². The van der Waals surface area contributed by atoms with E-state index < -0.39 is 5.41 Å². The van der Waals surface area contributed by atoms with Gasteiger partial charge < -0.3 is 5.73 Å². The summed E-state index contributed by atoms with van der Waals surface area (Å²) in [5, 5.41) is 0. The van der Waals surface area contributed by atoms with Crippen LogP contribution in [0.15, 0.2) is 60.7 Å². The Kier molecular flexibility index (Phi) is 11.3. The van der Waals surface area contributed by atoms with Gasteiger partial charge >= 0.3 is 0 Å². The maximum absolute atomic E-state index is 12.8. The zero-order valence-electron chi connectivity index (χ0n) is 19.0. The van der Waals surface area contributed by atoms with E-state index >= 15 is 0 Å². The van der Waals surface area contributed by atoms with Crippen molar-refractivity contribution in [3.8, 4) is 0 Å². The first-order valence-electron chi connectivity index (χ1n) is 12.1. The maximum atomic E-state index is 12.8. The molecule has 0 aliphatic carbocycles. The first kappa shape index (κ1) is 24.2. The highest BCUT2D eigenvalue weighted by Gasteiger charge is 2.39. The van der Waals surface area contributed by atoms with Crippen molar-refractivity contribution in [2.24, 2.45) is 5.73 Å². The van der Waals surface area contributed by atoms with E-state index in [1.165, 1.54) is 64.2 Å². The molecule has 0 bridgehead atoms. The molecular weight excluding hydrogens is 366 g/mol. The van der Waals surface area contributed by atoms with E-state index in [1.54, 1.807) is 0 Å². The van der Waals surface area contributed by atoms with Gasteiger partial charge in [0.25, 0.3) is 0 Å². The summed E-state index contributed by atoms with van der Waals surface area (Å²) in [5.41, 5.74) is 7.31. The fourth-order valence-corrected chi connectivity index (χ4v) is 4.54. The molecule has 0 radical (unpaired) electrons. The predicted octanol–water partition coefficient (Wildman–Crippen LogP) is 7.55. The lowest BCUT2D eigenvalue weighted by atomic mass is 9.70. The van der Waals surface area contributed by atoms with Gasteiger partial charge in [0, 0.05) is 0 Å². The van der Waals surface area contributed by atoms with Crippen molar-refractivity contribution in [1.82, 2.24) is 0 Å². The van der Waals surface area contributed by atoms with E-state index in [1.807, 2.05) is 60.7 Å². The average Bonchev–Trinajstić information content (AvgIpc) is 2.78. The number of amides is 1. The van der Waals surface area contributed by atoms with Crippen LogP contribution in [0.4, 0.5) is 0 Å². The SMILES string of the molecule is CCCCCCCCCCCCCCC(C(N)=O)(c1ccccc1)c1ccccc1. The number of benzene rings is 2. The van der Waals surface area contributed by atoms with Gasteiger partial charge in [-0.3, -0.25) is 4.79 Å². The molecule has 2 aromatic carbocycles. The van der Waals surface area contributed by atoms with Crippen molar-refractivity contribution in [1.29, 1.82) is 0 Å². The number of carbonyl (C=O) groups is 1. The summed E-state index contributed by atoms with van der Waals surface area (Å²) in [5.74, 6) is -0.247. The number of nitrogens with two attached hydrogens (primary N) is 1. The fraction of sp³-hybridized carbons (Fsp3) is 0.536. The Morgan fingerprint density at radius 1 is 0.633 bits per heavy atom. The van der Waals surface area contributed by atoms with Crippen molar-refractivity contribution < 1.29 is 4.79 Å². The highest BCUT2D eigenvalue weighted by atomic mass is 16.1. The molecule has 0 saturated carbocycles. The van der Waals surface area contributed by atoms with E-state index in [9.17, 15) is 4.79 Å². The Morgan fingerprint density at radius 3 is 1.37 bits per heavy atom. The first-order valence-corrected chi connectivity index (χ1v) is 12.1. The van der Waals surface area contributed by atoms with Crippen molar-refractivity contribution in [2.75, 3.05) is 0 Å². The number of hydrogen-bond donors (Lipinski definition) is 1. The van der Waals surface area contributed by atoms with Crippen molar-refractivity contribution >= 4 is 5.91 Å². The summed E-state index contributed by atoms with van der Waals surface area (Å²) in [4.78, 5) is 12.8. The molecule has 0 unspecified atom stereocenters. The molecule has 2 rings (SSSR count). The molecule has 164 valence electrons. The van der Waals surface area contributed by atoms with Crippen molar-refractivity contribution in [3.63, 3.8) is 0 Å². The highest BCUT2D eigenvalue weighted by Crippen LogP contribution is 2.37. The average molecular weight is 408 g/mol. The minimum Gasteiger partial charge on any atom is -0.369 e. The molecule has 30 heavy (non-hydrogen) atoms. The zero-order chi connectivity index (χ0) is 21.5. The number of unbranched alkanes of at least 4 members (excludes halogenated alkanes) is 11. The third-order valence-corrected chi connectivity index (χ3v) is 6.36. The molecule has 0 fully saturated rings. The van der Waals surface area contributed by atoms with Crippen LogP contribution in [0.3, 0.4) is 0 Å². The van der Waals surface area contributed by atoms with Gasteiger partial charge in [0.05, 0.1) is 5.41 Å². The van der Waals surface area contributed by atoms with Crippen LogP contribution in [0.25, 0.3) is 0 Å². The lowest BCUT2D eigenvalue weighted by Gasteiger charge is -2.32. The molecule has 0 saturated heterocycles. The van der Waals surface area contributed by atoms with E-state index in [2.05, 4.69) is 6.92 Å². The van der Waals surface area contributed by atoms with Crippen LogP contribution in [0.1, 0.15) is 102 Å². The molecule has 0 spiro atoms. The smallest absolute Gasteiger partial charge is 0.232 e. The lowest BCUT2D eigenvalue weighted by Crippen LogP contribution is -2.42. The number of primary amides is 1. The largest absolute Gasteiger partial charge is 0.369 e. The van der Waals surface area contributed by atoms with E-state index in [-0.39, 0.29) is 5.91 Å².